The van der Waals surface area contributed by atoms with E-state index in [0.29, 0.717) is 4.90 Å². The molecule has 0 aliphatic heterocycles. The van der Waals surface area contributed by atoms with Gasteiger partial charge in [-0.25, -0.2) is 0 Å². The molecule has 9 heteroatoms. The Morgan fingerprint density at radius 1 is 0.750 bits per heavy atom. The van der Waals surface area contributed by atoms with Gasteiger partial charge in [0.25, 0.3) is 0 Å². The third-order valence-corrected chi connectivity index (χ3v) is 4.56. The lowest BCUT2D eigenvalue weighted by Gasteiger charge is -2.08. The Labute approximate surface area is 165 Å². The number of alkyl halides is 3. The van der Waals surface area contributed by atoms with Gasteiger partial charge in [-0.3, -0.25) is 4.55 Å². The zero-order valence-electron chi connectivity index (χ0n) is 14.1. The number of halogens is 3. The summed E-state index contributed by atoms with van der Waals surface area (Å²) in [6.45, 7) is 0. The maximum Gasteiger partial charge on any atom is 0.522 e. The molecule has 0 unspecified atom stereocenters. The molecule has 4 nitrogen and oxygen atoms in total. The summed E-state index contributed by atoms with van der Waals surface area (Å²) in [5, 5.41) is 10.1. The fourth-order valence-electron chi connectivity index (χ4n) is 2.24. The van der Waals surface area contributed by atoms with Crippen molar-refractivity contribution in [3.8, 4) is 28.0 Å². The Morgan fingerprint density at radius 2 is 1.21 bits per heavy atom. The molecule has 0 aliphatic carbocycles. The van der Waals surface area contributed by atoms with E-state index in [4.69, 9.17) is 13.0 Å². The highest BCUT2D eigenvalue weighted by Crippen LogP contribution is 2.34. The SMILES string of the molecule is O=S(=O)(O)C(F)(F)F.Oc1c(S)cccc1-c1ccc(-c2ccccc2)cc1. The number of hydrogen-bond acceptors (Lipinski definition) is 4. The minimum atomic E-state index is -5.84. The smallest absolute Gasteiger partial charge is 0.506 e. The summed E-state index contributed by atoms with van der Waals surface area (Å²) in [7, 11) is -5.84. The summed E-state index contributed by atoms with van der Waals surface area (Å²) in [5.74, 6) is 0.225. The van der Waals surface area contributed by atoms with Gasteiger partial charge in [-0.15, -0.1) is 12.6 Å². The van der Waals surface area contributed by atoms with Gasteiger partial charge in [0.05, 0.1) is 0 Å². The van der Waals surface area contributed by atoms with Gasteiger partial charge in [-0.05, 0) is 22.8 Å². The van der Waals surface area contributed by atoms with Crippen molar-refractivity contribution in [3.63, 3.8) is 0 Å². The summed E-state index contributed by atoms with van der Waals surface area (Å²) in [6, 6.07) is 24.0. The van der Waals surface area contributed by atoms with Crippen molar-refractivity contribution in [2.24, 2.45) is 0 Å². The second-order valence-electron chi connectivity index (χ2n) is 5.54. The lowest BCUT2D eigenvalue weighted by atomic mass is 10.00. The molecule has 0 bridgehead atoms. The monoisotopic (exact) mass is 428 g/mol. The van der Waals surface area contributed by atoms with Crippen molar-refractivity contribution in [3.05, 3.63) is 72.8 Å². The van der Waals surface area contributed by atoms with E-state index in [1.807, 2.05) is 42.5 Å². The van der Waals surface area contributed by atoms with Gasteiger partial charge in [0.15, 0.2) is 0 Å². The van der Waals surface area contributed by atoms with Crippen LogP contribution in [-0.2, 0) is 10.1 Å². The molecule has 0 saturated carbocycles. The maximum atomic E-state index is 10.7. The number of phenols is 1. The molecule has 28 heavy (non-hydrogen) atoms. The zero-order chi connectivity index (χ0) is 20.9. The average Bonchev–Trinajstić information content (AvgIpc) is 2.64. The van der Waals surface area contributed by atoms with E-state index in [2.05, 4.69) is 36.9 Å². The molecule has 0 radical (unpaired) electrons. The minimum Gasteiger partial charge on any atom is -0.506 e. The van der Waals surface area contributed by atoms with Crippen LogP contribution in [0.2, 0.25) is 0 Å². The predicted molar refractivity (Wildman–Crippen MR) is 104 cm³/mol. The Balaban J connectivity index is 0.000000300. The van der Waals surface area contributed by atoms with Crippen molar-refractivity contribution in [2.45, 2.75) is 10.4 Å². The van der Waals surface area contributed by atoms with Crippen molar-refractivity contribution in [1.29, 1.82) is 0 Å². The quantitative estimate of drug-likeness (QED) is 0.290. The van der Waals surface area contributed by atoms with E-state index in [-0.39, 0.29) is 5.75 Å². The van der Waals surface area contributed by atoms with Gasteiger partial charge in [-0.2, -0.15) is 21.6 Å². The van der Waals surface area contributed by atoms with Gasteiger partial charge in [0, 0.05) is 10.5 Å². The lowest BCUT2D eigenvalue weighted by molar-refractivity contribution is -0.0510. The van der Waals surface area contributed by atoms with Crippen LogP contribution in [0.5, 0.6) is 5.75 Å². The molecule has 0 aromatic heterocycles. The number of para-hydroxylation sites is 1. The number of hydrogen-bond donors (Lipinski definition) is 3. The molecule has 2 N–H and O–H groups in total. The van der Waals surface area contributed by atoms with Gasteiger partial charge in [0.1, 0.15) is 5.75 Å². The number of aromatic hydroxyl groups is 1. The number of rotatable bonds is 2. The lowest BCUT2D eigenvalue weighted by Crippen LogP contribution is -2.21. The first-order chi connectivity index (χ1) is 13.0. The van der Waals surface area contributed by atoms with Gasteiger partial charge in [-0.1, -0.05) is 66.7 Å². The Morgan fingerprint density at radius 3 is 1.71 bits per heavy atom. The van der Waals surface area contributed by atoms with Crippen LogP contribution in [0.25, 0.3) is 22.3 Å². The molecule has 0 aliphatic rings. The van der Waals surface area contributed by atoms with E-state index in [0.717, 1.165) is 16.7 Å². The Hall–Kier alpha value is -2.49. The van der Waals surface area contributed by atoms with E-state index in [1.165, 1.54) is 5.56 Å². The fraction of sp³-hybridized carbons (Fsp3) is 0.0526. The molecule has 3 aromatic carbocycles. The van der Waals surface area contributed by atoms with Crippen molar-refractivity contribution >= 4 is 22.7 Å². The number of phenolic OH excluding ortho intramolecular Hbond substituents is 1. The minimum absolute atomic E-state index is 0.225. The van der Waals surface area contributed by atoms with Crippen LogP contribution < -0.4 is 0 Å². The topological polar surface area (TPSA) is 74.6 Å². The first kappa shape index (κ1) is 21.8. The van der Waals surface area contributed by atoms with E-state index >= 15 is 0 Å². The molecule has 0 spiro atoms. The second-order valence-corrected chi connectivity index (χ2v) is 7.43. The van der Waals surface area contributed by atoms with Gasteiger partial charge in [0.2, 0.25) is 0 Å². The van der Waals surface area contributed by atoms with Crippen molar-refractivity contribution < 1.29 is 31.2 Å². The molecule has 0 heterocycles. The average molecular weight is 428 g/mol. The van der Waals surface area contributed by atoms with Gasteiger partial charge < -0.3 is 5.11 Å². The van der Waals surface area contributed by atoms with Crippen molar-refractivity contribution in [1.82, 2.24) is 0 Å². The molecular weight excluding hydrogens is 413 g/mol. The van der Waals surface area contributed by atoms with Crippen LogP contribution >= 0.6 is 12.6 Å². The van der Waals surface area contributed by atoms with E-state index in [9.17, 15) is 18.3 Å². The third-order valence-electron chi connectivity index (χ3n) is 3.61. The first-order valence-electron chi connectivity index (χ1n) is 7.71. The summed E-state index contributed by atoms with van der Waals surface area (Å²) in [6.07, 6.45) is 0. The molecule has 0 atom stereocenters. The van der Waals surface area contributed by atoms with E-state index < -0.39 is 15.6 Å². The third kappa shape index (κ3) is 5.51. The molecule has 0 amide bonds. The number of benzene rings is 3. The number of thiol groups is 1. The first-order valence-corrected chi connectivity index (χ1v) is 9.60. The molecule has 3 aromatic rings. The van der Waals surface area contributed by atoms with Crippen molar-refractivity contribution in [2.75, 3.05) is 0 Å². The summed E-state index contributed by atoms with van der Waals surface area (Å²) in [5.41, 5.74) is -1.40. The molecule has 0 fully saturated rings. The fourth-order valence-corrected chi connectivity index (χ4v) is 2.44. The van der Waals surface area contributed by atoms with Gasteiger partial charge >= 0.3 is 15.6 Å². The highest BCUT2D eigenvalue weighted by atomic mass is 32.2. The van der Waals surface area contributed by atoms with Crippen LogP contribution in [0.1, 0.15) is 0 Å². The summed E-state index contributed by atoms with van der Waals surface area (Å²) >= 11 is 4.25. The zero-order valence-corrected chi connectivity index (χ0v) is 15.8. The summed E-state index contributed by atoms with van der Waals surface area (Å²) in [4.78, 5) is 0.592. The highest BCUT2D eigenvalue weighted by Gasteiger charge is 2.44. The van der Waals surface area contributed by atoms with Crippen LogP contribution in [0.4, 0.5) is 13.2 Å². The normalized spacial score (nSPS) is 11.5. The predicted octanol–water partition coefficient (Wildman–Crippen LogP) is 5.41. The standard InChI is InChI=1S/C18H14OS.CHF3O3S/c19-18-16(7-4-8-17(18)20)15-11-9-14(10-12-15)13-5-2-1-3-6-13;2-1(3,4)8(5,6)7/h1-12,19-20H;(H,5,6,7). The molecule has 3 rings (SSSR count). The molecule has 148 valence electrons. The van der Waals surface area contributed by atoms with E-state index in [1.54, 1.807) is 6.07 Å². The van der Waals surface area contributed by atoms with Crippen LogP contribution in [0.15, 0.2) is 77.7 Å². The van der Waals surface area contributed by atoms with Crippen LogP contribution in [0, 0.1) is 0 Å². The van der Waals surface area contributed by atoms with Crippen LogP contribution in [0.3, 0.4) is 0 Å². The Bertz CT molecular complexity index is 1030. The largest absolute Gasteiger partial charge is 0.522 e. The Kier molecular flexibility index (Phi) is 6.76. The molecular formula is C19H15F3O4S2. The molecule has 0 saturated heterocycles. The highest BCUT2D eigenvalue weighted by molar-refractivity contribution is 7.86. The maximum absolute atomic E-state index is 10.7. The summed E-state index contributed by atoms with van der Waals surface area (Å²) < 4.78 is 57.5. The second kappa shape index (κ2) is 8.68. The van der Waals surface area contributed by atoms with Crippen LogP contribution in [-0.4, -0.2) is 23.6 Å².